The van der Waals surface area contributed by atoms with Crippen molar-refractivity contribution in [3.05, 3.63) is 12.4 Å². The van der Waals surface area contributed by atoms with E-state index in [-0.39, 0.29) is 12.0 Å². The van der Waals surface area contributed by atoms with Crippen LogP contribution >= 0.6 is 0 Å². The lowest BCUT2D eigenvalue weighted by molar-refractivity contribution is -0.117. The number of rotatable bonds is 5. The van der Waals surface area contributed by atoms with Crippen molar-refractivity contribution in [1.29, 1.82) is 0 Å². The van der Waals surface area contributed by atoms with Crippen LogP contribution in [0.1, 0.15) is 57.8 Å². The molecular formula is C17H27N3O2. The van der Waals surface area contributed by atoms with Crippen LogP contribution in [0.15, 0.2) is 12.4 Å². The van der Waals surface area contributed by atoms with Gasteiger partial charge in [0, 0.05) is 19.2 Å². The van der Waals surface area contributed by atoms with Gasteiger partial charge in [0.05, 0.1) is 24.5 Å². The number of anilines is 1. The van der Waals surface area contributed by atoms with Gasteiger partial charge in [-0.2, -0.15) is 5.10 Å². The van der Waals surface area contributed by atoms with Gasteiger partial charge in [0.1, 0.15) is 0 Å². The predicted molar refractivity (Wildman–Crippen MR) is 85.6 cm³/mol. The molecule has 1 N–H and O–H groups in total. The molecule has 5 heteroatoms. The standard InChI is InChI=1S/C17H27N3O2/c21-17(10-14-6-2-1-3-7-14)19-15-11-18-20(12-15)13-16-8-4-5-9-22-16/h11-12,14,16H,1-10,13H2,(H,19,21). The molecule has 0 aromatic carbocycles. The van der Waals surface area contributed by atoms with Crippen LogP contribution in [0.4, 0.5) is 5.69 Å². The van der Waals surface area contributed by atoms with Gasteiger partial charge in [0.2, 0.25) is 5.91 Å². The Hall–Kier alpha value is -1.36. The molecule has 0 bridgehead atoms. The molecular weight excluding hydrogens is 278 g/mol. The fourth-order valence-electron chi connectivity index (χ4n) is 3.55. The number of carbonyl (C=O) groups excluding carboxylic acids is 1. The van der Waals surface area contributed by atoms with Crippen LogP contribution in [0.3, 0.4) is 0 Å². The van der Waals surface area contributed by atoms with E-state index in [0.717, 1.165) is 31.7 Å². The third kappa shape index (κ3) is 4.57. The fraction of sp³-hybridized carbons (Fsp3) is 0.765. The van der Waals surface area contributed by atoms with Crippen LogP contribution < -0.4 is 5.32 Å². The highest BCUT2D eigenvalue weighted by Gasteiger charge is 2.18. The summed E-state index contributed by atoms with van der Waals surface area (Å²) in [5.41, 5.74) is 0.802. The minimum absolute atomic E-state index is 0.125. The van der Waals surface area contributed by atoms with Crippen LogP contribution in [0, 0.1) is 5.92 Å². The van der Waals surface area contributed by atoms with Crippen LogP contribution in [-0.2, 0) is 16.1 Å². The van der Waals surface area contributed by atoms with Crippen molar-refractivity contribution in [2.24, 2.45) is 5.92 Å². The van der Waals surface area contributed by atoms with Gasteiger partial charge in [-0.05, 0) is 38.0 Å². The Balaban J connectivity index is 1.45. The lowest BCUT2D eigenvalue weighted by atomic mass is 9.87. The normalized spacial score (nSPS) is 23.4. The first-order valence-corrected chi connectivity index (χ1v) is 8.73. The Morgan fingerprint density at radius 1 is 1.23 bits per heavy atom. The molecule has 1 aromatic rings. The van der Waals surface area contributed by atoms with Crippen molar-refractivity contribution < 1.29 is 9.53 Å². The highest BCUT2D eigenvalue weighted by molar-refractivity contribution is 5.90. The Labute approximate surface area is 132 Å². The number of hydrogen-bond acceptors (Lipinski definition) is 3. The second-order valence-corrected chi connectivity index (χ2v) is 6.70. The van der Waals surface area contributed by atoms with E-state index in [1.165, 1.54) is 38.5 Å². The van der Waals surface area contributed by atoms with E-state index in [1.807, 2.05) is 10.9 Å². The Morgan fingerprint density at radius 3 is 2.82 bits per heavy atom. The zero-order valence-corrected chi connectivity index (χ0v) is 13.3. The molecule has 0 spiro atoms. The van der Waals surface area contributed by atoms with E-state index in [9.17, 15) is 4.79 Å². The highest BCUT2D eigenvalue weighted by Crippen LogP contribution is 2.26. The average molecular weight is 305 g/mol. The van der Waals surface area contributed by atoms with Gasteiger partial charge >= 0.3 is 0 Å². The SMILES string of the molecule is O=C(CC1CCCCC1)Nc1cnn(CC2CCCCO2)c1. The van der Waals surface area contributed by atoms with Gasteiger partial charge in [-0.25, -0.2) is 0 Å². The molecule has 1 aromatic heterocycles. The van der Waals surface area contributed by atoms with Crippen molar-refractivity contribution in [2.45, 2.75) is 70.4 Å². The highest BCUT2D eigenvalue weighted by atomic mass is 16.5. The summed E-state index contributed by atoms with van der Waals surface area (Å²) in [6.45, 7) is 1.63. The lowest BCUT2D eigenvalue weighted by Crippen LogP contribution is -2.24. The molecule has 1 amide bonds. The van der Waals surface area contributed by atoms with Gasteiger partial charge in [-0.3, -0.25) is 9.48 Å². The maximum absolute atomic E-state index is 12.1. The van der Waals surface area contributed by atoms with E-state index in [2.05, 4.69) is 10.4 Å². The average Bonchev–Trinajstić information content (AvgIpc) is 2.96. The number of amides is 1. The summed E-state index contributed by atoms with van der Waals surface area (Å²) < 4.78 is 7.61. The number of carbonyl (C=O) groups is 1. The summed E-state index contributed by atoms with van der Waals surface area (Å²) in [4.78, 5) is 12.1. The quantitative estimate of drug-likeness (QED) is 0.907. The van der Waals surface area contributed by atoms with E-state index < -0.39 is 0 Å². The number of ether oxygens (including phenoxy) is 1. The summed E-state index contributed by atoms with van der Waals surface area (Å²) in [7, 11) is 0. The minimum atomic E-state index is 0.125. The fourth-order valence-corrected chi connectivity index (χ4v) is 3.55. The first-order valence-electron chi connectivity index (χ1n) is 8.73. The monoisotopic (exact) mass is 305 g/mol. The Bertz CT molecular complexity index is 474. The number of hydrogen-bond donors (Lipinski definition) is 1. The maximum atomic E-state index is 12.1. The maximum Gasteiger partial charge on any atom is 0.224 e. The Kier molecular flexibility index (Phi) is 5.48. The lowest BCUT2D eigenvalue weighted by Gasteiger charge is -2.22. The molecule has 1 aliphatic heterocycles. The molecule has 1 unspecified atom stereocenters. The van der Waals surface area contributed by atoms with Crippen LogP contribution in [-0.4, -0.2) is 28.4 Å². The molecule has 2 aliphatic rings. The third-order valence-corrected chi connectivity index (χ3v) is 4.78. The topological polar surface area (TPSA) is 56.2 Å². The predicted octanol–water partition coefficient (Wildman–Crippen LogP) is 3.36. The molecule has 1 atom stereocenters. The first kappa shape index (κ1) is 15.5. The smallest absolute Gasteiger partial charge is 0.224 e. The van der Waals surface area contributed by atoms with Gasteiger partial charge < -0.3 is 10.1 Å². The summed E-state index contributed by atoms with van der Waals surface area (Å²) in [6.07, 6.45) is 14.3. The molecule has 22 heavy (non-hydrogen) atoms. The molecule has 5 nitrogen and oxygen atoms in total. The Morgan fingerprint density at radius 2 is 2.05 bits per heavy atom. The van der Waals surface area contributed by atoms with Crippen LogP contribution in [0.2, 0.25) is 0 Å². The zero-order chi connectivity index (χ0) is 15.2. The van der Waals surface area contributed by atoms with E-state index in [4.69, 9.17) is 4.74 Å². The summed E-state index contributed by atoms with van der Waals surface area (Å²) in [5.74, 6) is 0.694. The third-order valence-electron chi connectivity index (χ3n) is 4.78. The van der Waals surface area contributed by atoms with E-state index in [1.54, 1.807) is 6.20 Å². The summed E-state index contributed by atoms with van der Waals surface area (Å²) in [5, 5.41) is 7.32. The van der Waals surface area contributed by atoms with Gasteiger partial charge in [0.25, 0.3) is 0 Å². The minimum Gasteiger partial charge on any atom is -0.376 e. The first-order chi connectivity index (χ1) is 10.8. The molecule has 122 valence electrons. The molecule has 2 fully saturated rings. The van der Waals surface area contributed by atoms with E-state index in [0.29, 0.717) is 12.3 Å². The van der Waals surface area contributed by atoms with E-state index >= 15 is 0 Å². The summed E-state index contributed by atoms with van der Waals surface area (Å²) >= 11 is 0. The van der Waals surface area contributed by atoms with Gasteiger partial charge in [-0.1, -0.05) is 19.3 Å². The zero-order valence-electron chi connectivity index (χ0n) is 13.3. The number of nitrogens with one attached hydrogen (secondary N) is 1. The molecule has 2 heterocycles. The van der Waals surface area contributed by atoms with Crippen LogP contribution in [0.5, 0.6) is 0 Å². The van der Waals surface area contributed by atoms with Crippen LogP contribution in [0.25, 0.3) is 0 Å². The largest absolute Gasteiger partial charge is 0.376 e. The van der Waals surface area contributed by atoms with Crippen molar-refractivity contribution >= 4 is 11.6 Å². The van der Waals surface area contributed by atoms with Gasteiger partial charge in [-0.15, -0.1) is 0 Å². The van der Waals surface area contributed by atoms with Crippen molar-refractivity contribution in [2.75, 3.05) is 11.9 Å². The molecule has 3 rings (SSSR count). The molecule has 0 radical (unpaired) electrons. The van der Waals surface area contributed by atoms with Crippen molar-refractivity contribution in [3.63, 3.8) is 0 Å². The van der Waals surface area contributed by atoms with Crippen molar-refractivity contribution in [1.82, 2.24) is 9.78 Å². The molecule has 1 saturated carbocycles. The molecule has 1 saturated heterocycles. The second-order valence-electron chi connectivity index (χ2n) is 6.70. The number of nitrogens with zero attached hydrogens (tertiary/aromatic N) is 2. The second kappa shape index (κ2) is 7.77. The van der Waals surface area contributed by atoms with Gasteiger partial charge in [0.15, 0.2) is 0 Å². The molecule has 1 aliphatic carbocycles. The number of aromatic nitrogens is 2. The summed E-state index contributed by atoms with van der Waals surface area (Å²) in [6, 6.07) is 0. The van der Waals surface area contributed by atoms with Crippen molar-refractivity contribution in [3.8, 4) is 0 Å².